The van der Waals surface area contributed by atoms with Gasteiger partial charge in [0.15, 0.2) is 23.0 Å². The first-order valence-electron chi connectivity index (χ1n) is 45.3. The van der Waals surface area contributed by atoms with Gasteiger partial charge in [-0.3, -0.25) is 0 Å². The van der Waals surface area contributed by atoms with E-state index in [9.17, 15) is 0 Å². The molecule has 11 aromatic carbocycles. The van der Waals surface area contributed by atoms with E-state index in [1.54, 1.807) is 28.4 Å². The van der Waals surface area contributed by atoms with Crippen LogP contribution in [0, 0.1) is 48.5 Å². The molecule has 8 heteroatoms. The van der Waals surface area contributed by atoms with Crippen molar-refractivity contribution < 1.29 is 37.9 Å². The number of hydrogen-bond donors (Lipinski definition) is 0. The molecule has 0 N–H and O–H groups in total. The summed E-state index contributed by atoms with van der Waals surface area (Å²) >= 11 is 0. The maximum Gasteiger partial charge on any atom is 0.161 e. The van der Waals surface area contributed by atoms with Crippen molar-refractivity contribution in [3.8, 4) is 46.0 Å². The van der Waals surface area contributed by atoms with Crippen LogP contribution in [-0.4, -0.2) is 54.9 Å². The van der Waals surface area contributed by atoms with E-state index < -0.39 is 0 Å². The Kier molecular flexibility index (Phi) is 36.2. The topological polar surface area (TPSA) is 73.8 Å². The molecule has 0 atom stereocenters. The predicted octanol–water partition coefficient (Wildman–Crippen LogP) is 31.7. The summed E-state index contributed by atoms with van der Waals surface area (Å²) in [6.07, 6.45) is 50.2. The molecule has 0 spiro atoms. The van der Waals surface area contributed by atoms with Crippen molar-refractivity contribution in [2.24, 2.45) is 0 Å². The second-order valence-corrected chi connectivity index (χ2v) is 32.4. The third kappa shape index (κ3) is 25.2. The molecule has 12 bridgehead atoms. The van der Waals surface area contributed by atoms with Crippen molar-refractivity contribution >= 4 is 108 Å². The monoisotopic (exact) mass is 1560 g/mol. The van der Waals surface area contributed by atoms with E-state index in [4.69, 9.17) is 37.9 Å². The summed E-state index contributed by atoms with van der Waals surface area (Å²) in [4.78, 5) is 0. The van der Waals surface area contributed by atoms with Gasteiger partial charge >= 0.3 is 0 Å². The van der Waals surface area contributed by atoms with Gasteiger partial charge in [-0.05, 0) is 200 Å². The standard InChI is InChI=1S/C108H132O8/c1-9-13-17-21-25-29-33-37-41-45-63-113-105-77-97-93-73-101(109-5)85-59-55-81-51-49-53-83(67-81)57-61-87-71-91-92-72-88(62-58-84-54-50-52-82(68-84)56-60-86-70-90(89(93)69-85)94(74-102(86)110-6)98(97)78-106(105)114-64-46-42-38-34-30-26-22-18-14-10-2)104(112-8)76-96(92)100-80-108(116-66-48-44-40-36-32-28-24-20-16-12-4)107(79-99(100)95(91)75-103(87)111-7)115-65-47-43-39-35-31-27-23-19-15-11-3/h49-54,67-80H,9-48,63-66H2,1-8H3. The summed E-state index contributed by atoms with van der Waals surface area (Å²) in [6.45, 7) is 11.6. The van der Waals surface area contributed by atoms with Crippen LogP contribution in [0.2, 0.25) is 0 Å². The van der Waals surface area contributed by atoms with E-state index in [1.807, 2.05) is 36.4 Å². The van der Waals surface area contributed by atoms with Crippen LogP contribution in [0.25, 0.3) is 108 Å². The Morgan fingerprint density at radius 3 is 0.526 bits per heavy atom. The molecule has 0 saturated heterocycles. The molecule has 0 aliphatic heterocycles. The fourth-order valence-corrected chi connectivity index (χ4v) is 16.6. The Hall–Kier alpha value is -9.60. The fourth-order valence-electron chi connectivity index (χ4n) is 16.6. The maximum atomic E-state index is 6.88. The second kappa shape index (κ2) is 48.2. The summed E-state index contributed by atoms with van der Waals surface area (Å²) in [5, 5.41) is 18.3. The van der Waals surface area contributed by atoms with Gasteiger partial charge in [-0.25, -0.2) is 0 Å². The molecule has 0 saturated carbocycles. The number of methoxy groups -OCH3 is 4. The van der Waals surface area contributed by atoms with Gasteiger partial charge in [0.2, 0.25) is 0 Å². The summed E-state index contributed by atoms with van der Waals surface area (Å²) in [6, 6.07) is 71.0. The molecule has 0 unspecified atom stereocenters. The van der Waals surface area contributed by atoms with E-state index in [2.05, 4.69) is 161 Å². The van der Waals surface area contributed by atoms with Gasteiger partial charge in [0.25, 0.3) is 0 Å². The Labute approximate surface area is 696 Å². The van der Waals surface area contributed by atoms with Crippen molar-refractivity contribution in [2.75, 3.05) is 54.9 Å². The Bertz CT molecular complexity index is 4450. The lowest BCUT2D eigenvalue weighted by Crippen LogP contribution is -2.03. The average Bonchev–Trinajstić information content (AvgIpc) is 0.731. The van der Waals surface area contributed by atoms with Crippen LogP contribution in [0.3, 0.4) is 0 Å². The zero-order valence-corrected chi connectivity index (χ0v) is 71.9. The van der Waals surface area contributed by atoms with Gasteiger partial charge in [0.05, 0.1) is 76.4 Å². The number of rotatable bonds is 52. The molecule has 0 aliphatic carbocycles. The molecule has 0 radical (unpaired) electrons. The van der Waals surface area contributed by atoms with Gasteiger partial charge in [-0.15, -0.1) is 0 Å². The molecule has 0 amide bonds. The molecular formula is C108H132O8. The first-order valence-corrected chi connectivity index (χ1v) is 45.3. The molecule has 11 aromatic rings. The summed E-state index contributed by atoms with van der Waals surface area (Å²) in [5.41, 5.74) is 0. The van der Waals surface area contributed by atoms with Gasteiger partial charge in [0.1, 0.15) is 23.0 Å². The molecule has 612 valence electrons. The molecule has 116 heavy (non-hydrogen) atoms. The number of hydrogen-bond acceptors (Lipinski definition) is 8. The van der Waals surface area contributed by atoms with Crippen molar-refractivity contribution in [2.45, 2.75) is 285 Å². The van der Waals surface area contributed by atoms with E-state index in [0.29, 0.717) is 49.4 Å². The summed E-state index contributed by atoms with van der Waals surface area (Å²) < 4.78 is 52.9. The smallest absolute Gasteiger partial charge is 0.161 e. The van der Waals surface area contributed by atoms with Crippen molar-refractivity contribution in [3.63, 3.8) is 0 Å². The van der Waals surface area contributed by atoms with Gasteiger partial charge < -0.3 is 37.9 Å². The van der Waals surface area contributed by atoms with Gasteiger partial charge in [-0.2, -0.15) is 0 Å². The SMILES string of the molecule is CCCCCCCCCCCCOc1cc2c(cc1OCCCCCCCCCCCC)c1cc(OC)c3c#cc4cccc(c#cc5cc6c(cc5OC)c5cc(OCCCCCCCCCCCC)c(OCCCCCCCCCCCC)cc5c5cc(OC)c(c#cc7cccc(c#cc8cc(c2cc8OC)c1c3)c7)cc56)c4. The molecule has 11 rings (SSSR count). The van der Waals surface area contributed by atoms with Crippen LogP contribution >= 0.6 is 0 Å². The minimum Gasteiger partial charge on any atom is -0.495 e. The molecule has 0 heterocycles. The maximum absolute atomic E-state index is 6.88. The van der Waals surface area contributed by atoms with Crippen molar-refractivity contribution in [3.05, 3.63) is 170 Å². The lowest BCUT2D eigenvalue weighted by Gasteiger charge is -2.18. The van der Waals surface area contributed by atoms with Crippen LogP contribution in [-0.2, 0) is 0 Å². The molecule has 0 aromatic heterocycles. The van der Waals surface area contributed by atoms with Gasteiger partial charge in [-0.1, -0.05) is 320 Å². The first-order chi connectivity index (χ1) is 57.3. The third-order valence-corrected chi connectivity index (χ3v) is 23.4. The molecule has 8 nitrogen and oxygen atoms in total. The highest BCUT2D eigenvalue weighted by atomic mass is 16.5. The van der Waals surface area contributed by atoms with E-state index >= 15 is 0 Å². The second-order valence-electron chi connectivity index (χ2n) is 32.4. The number of fused-ring (bicyclic) bond motifs is 14. The van der Waals surface area contributed by atoms with Crippen LogP contribution in [0.5, 0.6) is 46.0 Å². The summed E-state index contributed by atoms with van der Waals surface area (Å²) in [5.74, 6) is 5.68. The lowest BCUT2D eigenvalue weighted by molar-refractivity contribution is 0.259. The predicted molar refractivity (Wildman–Crippen MR) is 492 cm³/mol. The highest BCUT2D eigenvalue weighted by molar-refractivity contribution is 6.29. The summed E-state index contributed by atoms with van der Waals surface area (Å²) in [7, 11) is 6.92. The normalized spacial score (nSPS) is 11.3. The lowest BCUT2D eigenvalue weighted by atomic mass is 9.92. The Morgan fingerprint density at radius 1 is 0.181 bits per heavy atom. The zero-order chi connectivity index (χ0) is 80.7. The zero-order valence-electron chi connectivity index (χ0n) is 71.9. The van der Waals surface area contributed by atoms with Crippen LogP contribution < -0.4 is 37.9 Å². The largest absolute Gasteiger partial charge is 0.495 e. The van der Waals surface area contributed by atoms with Crippen LogP contribution in [0.15, 0.2) is 121 Å². The minimum absolute atomic E-state index is 0.609. The third-order valence-electron chi connectivity index (χ3n) is 23.4. The average molecular weight is 1560 g/mol. The molecule has 0 fully saturated rings. The highest BCUT2D eigenvalue weighted by Crippen LogP contribution is 2.47. The quantitative estimate of drug-likeness (QED) is 0.0276. The van der Waals surface area contributed by atoms with Crippen molar-refractivity contribution in [1.82, 2.24) is 0 Å². The Balaban J connectivity index is 1.02. The Morgan fingerprint density at radius 2 is 0.345 bits per heavy atom. The van der Waals surface area contributed by atoms with E-state index in [1.165, 1.54) is 205 Å². The highest BCUT2D eigenvalue weighted by Gasteiger charge is 2.21. The van der Waals surface area contributed by atoms with Crippen molar-refractivity contribution in [1.29, 1.82) is 0 Å². The number of ether oxygens (including phenoxy) is 8. The van der Waals surface area contributed by atoms with E-state index in [0.717, 1.165) is 182 Å². The van der Waals surface area contributed by atoms with Crippen LogP contribution in [0.4, 0.5) is 0 Å². The van der Waals surface area contributed by atoms with E-state index in [-0.39, 0.29) is 0 Å². The molecule has 0 aliphatic rings. The van der Waals surface area contributed by atoms with Gasteiger partial charge in [0, 0.05) is 21.5 Å². The number of unbranched alkanes of at least 4 members (excludes halogenated alkanes) is 36. The fraction of sp³-hybridized carbons (Fsp3) is 0.481. The number of benzene rings is 10. The molecular weight excluding hydrogens is 1430 g/mol. The first kappa shape index (κ1) is 87.2. The minimum atomic E-state index is 0.609. The van der Waals surface area contributed by atoms with Crippen LogP contribution in [0.1, 0.15) is 285 Å².